The van der Waals surface area contributed by atoms with E-state index in [-0.39, 0.29) is 12.1 Å². The van der Waals surface area contributed by atoms with Gasteiger partial charge in [-0.3, -0.25) is 0 Å². The molecule has 1 heterocycles. The minimum atomic E-state index is -0.00194. The van der Waals surface area contributed by atoms with Gasteiger partial charge < -0.3 is 10.2 Å². The number of carbonyl (C=O) groups excluding carboxylic acids is 1. The summed E-state index contributed by atoms with van der Waals surface area (Å²) in [6.45, 7) is 0.656. The van der Waals surface area contributed by atoms with Crippen molar-refractivity contribution in [3.63, 3.8) is 0 Å². The van der Waals surface area contributed by atoms with E-state index in [0.717, 1.165) is 12.8 Å². The fourth-order valence-corrected chi connectivity index (χ4v) is 3.35. The molecule has 1 aliphatic carbocycles. The lowest BCUT2D eigenvalue weighted by atomic mass is 10.1. The van der Waals surface area contributed by atoms with E-state index in [1.807, 2.05) is 18.5 Å². The number of aryl methyl sites for hydroxylation is 1. The predicted molar refractivity (Wildman–Crippen MR) is 81.8 cm³/mol. The number of thiophene rings is 1. The average molecular weight is 286 g/mol. The third-order valence-electron chi connectivity index (χ3n) is 3.78. The number of amides is 2. The Morgan fingerprint density at radius 1 is 1.40 bits per heavy atom. The average Bonchev–Trinajstić information content (AvgIpc) is 3.09. The first-order valence-corrected chi connectivity index (χ1v) is 7.79. The highest BCUT2D eigenvalue weighted by atomic mass is 32.1. The van der Waals surface area contributed by atoms with E-state index in [2.05, 4.69) is 35.0 Å². The summed E-state index contributed by atoms with van der Waals surface area (Å²) < 4.78 is 0. The molecule has 0 saturated heterocycles. The first-order chi connectivity index (χ1) is 9.74. The summed E-state index contributed by atoms with van der Waals surface area (Å²) in [5, 5.41) is 7.25. The summed E-state index contributed by atoms with van der Waals surface area (Å²) in [6.07, 6.45) is 2.05. The number of nitrogens with zero attached hydrogens (tertiary/aromatic N) is 1. The third-order valence-corrected chi connectivity index (χ3v) is 4.51. The molecule has 1 aromatic carbocycles. The van der Waals surface area contributed by atoms with E-state index in [1.54, 1.807) is 16.2 Å². The Labute approximate surface area is 123 Å². The number of urea groups is 1. The lowest BCUT2D eigenvalue weighted by molar-refractivity contribution is 0.202. The summed E-state index contributed by atoms with van der Waals surface area (Å²) in [4.78, 5) is 14.0. The standard InChI is InChI=1S/C16H18N2OS/c1-18(10-12-8-9-20-11-12)16(19)17-15-7-6-13-4-2-3-5-14(13)15/h2-5,8-9,11,15H,6-7,10H2,1H3,(H,17,19)/t15-/m1/s1. The van der Waals surface area contributed by atoms with Gasteiger partial charge in [-0.2, -0.15) is 11.3 Å². The molecule has 0 radical (unpaired) electrons. The van der Waals surface area contributed by atoms with Crippen molar-refractivity contribution in [2.45, 2.75) is 25.4 Å². The number of benzene rings is 1. The second kappa shape index (κ2) is 5.67. The van der Waals surface area contributed by atoms with Crippen LogP contribution < -0.4 is 5.32 Å². The molecule has 0 spiro atoms. The quantitative estimate of drug-likeness (QED) is 0.919. The van der Waals surface area contributed by atoms with Crippen LogP contribution in [0.1, 0.15) is 29.2 Å². The molecule has 3 rings (SSSR count). The zero-order valence-electron chi connectivity index (χ0n) is 11.5. The molecule has 0 fully saturated rings. The van der Waals surface area contributed by atoms with Gasteiger partial charge in [0.25, 0.3) is 0 Å². The second-order valence-electron chi connectivity index (χ2n) is 5.23. The minimum Gasteiger partial charge on any atom is -0.331 e. The first-order valence-electron chi connectivity index (χ1n) is 6.84. The Morgan fingerprint density at radius 2 is 2.25 bits per heavy atom. The summed E-state index contributed by atoms with van der Waals surface area (Å²) in [7, 11) is 1.84. The fourth-order valence-electron chi connectivity index (χ4n) is 2.69. The monoisotopic (exact) mass is 286 g/mol. The van der Waals surface area contributed by atoms with Crippen molar-refractivity contribution in [2.75, 3.05) is 7.05 Å². The molecule has 2 aromatic rings. The van der Waals surface area contributed by atoms with Crippen LogP contribution in [0.3, 0.4) is 0 Å². The number of carbonyl (C=O) groups is 1. The molecule has 20 heavy (non-hydrogen) atoms. The Balaban J connectivity index is 1.62. The van der Waals surface area contributed by atoms with Crippen LogP contribution in [0.15, 0.2) is 41.1 Å². The number of rotatable bonds is 3. The van der Waals surface area contributed by atoms with Crippen molar-refractivity contribution in [3.8, 4) is 0 Å². The van der Waals surface area contributed by atoms with Crippen LogP contribution >= 0.6 is 11.3 Å². The lowest BCUT2D eigenvalue weighted by Crippen LogP contribution is -2.38. The van der Waals surface area contributed by atoms with E-state index in [4.69, 9.17) is 0 Å². The maximum absolute atomic E-state index is 12.3. The molecule has 104 valence electrons. The molecule has 0 bridgehead atoms. The smallest absolute Gasteiger partial charge is 0.317 e. The molecule has 3 nitrogen and oxygen atoms in total. The van der Waals surface area contributed by atoms with Crippen LogP contribution in [0, 0.1) is 0 Å². The van der Waals surface area contributed by atoms with Crippen LogP contribution in [-0.2, 0) is 13.0 Å². The molecule has 2 amide bonds. The Hall–Kier alpha value is -1.81. The minimum absolute atomic E-state index is 0.00194. The Morgan fingerprint density at radius 3 is 3.05 bits per heavy atom. The number of hydrogen-bond acceptors (Lipinski definition) is 2. The van der Waals surface area contributed by atoms with Gasteiger partial charge in [0.05, 0.1) is 6.04 Å². The van der Waals surface area contributed by atoms with E-state index in [0.29, 0.717) is 6.54 Å². The Kier molecular flexibility index (Phi) is 3.74. The summed E-state index contributed by atoms with van der Waals surface area (Å²) in [5.74, 6) is 0. The van der Waals surface area contributed by atoms with Gasteiger partial charge in [-0.1, -0.05) is 24.3 Å². The van der Waals surface area contributed by atoms with Crippen LogP contribution in [-0.4, -0.2) is 18.0 Å². The van der Waals surface area contributed by atoms with Crippen molar-refractivity contribution in [3.05, 3.63) is 57.8 Å². The molecule has 4 heteroatoms. The predicted octanol–water partition coefficient (Wildman–Crippen LogP) is 3.58. The van der Waals surface area contributed by atoms with E-state index < -0.39 is 0 Å². The number of nitrogens with one attached hydrogen (secondary N) is 1. The molecule has 0 aliphatic heterocycles. The van der Waals surface area contributed by atoms with Crippen molar-refractivity contribution < 1.29 is 4.79 Å². The molecule has 1 N–H and O–H groups in total. The van der Waals surface area contributed by atoms with Crippen LogP contribution in [0.5, 0.6) is 0 Å². The SMILES string of the molecule is CN(Cc1ccsc1)C(=O)N[C@@H]1CCc2ccccc21. The molecular weight excluding hydrogens is 268 g/mol. The maximum atomic E-state index is 12.3. The van der Waals surface area contributed by atoms with Crippen molar-refractivity contribution in [2.24, 2.45) is 0 Å². The van der Waals surface area contributed by atoms with Crippen molar-refractivity contribution >= 4 is 17.4 Å². The van der Waals surface area contributed by atoms with Gasteiger partial charge in [-0.15, -0.1) is 0 Å². The van der Waals surface area contributed by atoms with Crippen LogP contribution in [0.2, 0.25) is 0 Å². The van der Waals surface area contributed by atoms with Crippen LogP contribution in [0.25, 0.3) is 0 Å². The summed E-state index contributed by atoms with van der Waals surface area (Å²) in [5.41, 5.74) is 3.81. The van der Waals surface area contributed by atoms with Gasteiger partial charge in [-0.25, -0.2) is 4.79 Å². The second-order valence-corrected chi connectivity index (χ2v) is 6.01. The van der Waals surface area contributed by atoms with Crippen molar-refractivity contribution in [1.82, 2.24) is 10.2 Å². The topological polar surface area (TPSA) is 32.3 Å². The Bertz CT molecular complexity index is 594. The van der Waals surface area contributed by atoms with E-state index >= 15 is 0 Å². The van der Waals surface area contributed by atoms with E-state index in [1.165, 1.54) is 16.7 Å². The van der Waals surface area contributed by atoms with Gasteiger partial charge in [0.1, 0.15) is 0 Å². The van der Waals surface area contributed by atoms with Crippen LogP contribution in [0.4, 0.5) is 4.79 Å². The fraction of sp³-hybridized carbons (Fsp3) is 0.312. The highest BCUT2D eigenvalue weighted by Gasteiger charge is 2.24. The zero-order valence-corrected chi connectivity index (χ0v) is 12.3. The highest BCUT2D eigenvalue weighted by Crippen LogP contribution is 2.30. The maximum Gasteiger partial charge on any atom is 0.317 e. The lowest BCUT2D eigenvalue weighted by Gasteiger charge is -2.21. The molecule has 1 atom stereocenters. The number of fused-ring (bicyclic) bond motifs is 1. The molecule has 1 aliphatic rings. The third kappa shape index (κ3) is 2.70. The van der Waals surface area contributed by atoms with Gasteiger partial charge in [0.15, 0.2) is 0 Å². The zero-order chi connectivity index (χ0) is 13.9. The summed E-state index contributed by atoms with van der Waals surface area (Å²) >= 11 is 1.66. The van der Waals surface area contributed by atoms with Gasteiger partial charge in [-0.05, 0) is 46.4 Å². The normalized spacial score (nSPS) is 16.8. The first kappa shape index (κ1) is 13.2. The molecule has 1 aromatic heterocycles. The van der Waals surface area contributed by atoms with E-state index in [9.17, 15) is 4.79 Å². The molecule has 0 unspecified atom stereocenters. The summed E-state index contributed by atoms with van der Waals surface area (Å²) in [6, 6.07) is 10.6. The van der Waals surface area contributed by atoms with Gasteiger partial charge in [0, 0.05) is 13.6 Å². The van der Waals surface area contributed by atoms with Crippen molar-refractivity contribution in [1.29, 1.82) is 0 Å². The van der Waals surface area contributed by atoms with Gasteiger partial charge in [0.2, 0.25) is 0 Å². The van der Waals surface area contributed by atoms with Gasteiger partial charge >= 0.3 is 6.03 Å². The molecular formula is C16H18N2OS. The molecule has 0 saturated carbocycles. The largest absolute Gasteiger partial charge is 0.331 e. The highest BCUT2D eigenvalue weighted by molar-refractivity contribution is 7.07. The number of hydrogen-bond donors (Lipinski definition) is 1.